The van der Waals surface area contributed by atoms with Gasteiger partial charge in [-0.15, -0.1) is 0 Å². The third kappa shape index (κ3) is 68.3. The Kier molecular flexibility index (Phi) is 1600. The van der Waals surface area contributed by atoms with E-state index in [4.69, 9.17) is 0 Å². The summed E-state index contributed by atoms with van der Waals surface area (Å²) in [6.07, 6.45) is 0. The maximum atomic E-state index is 0. The smallest absolute Gasteiger partial charge is 0.197 e. The molecule has 0 aliphatic rings. The van der Waals surface area contributed by atoms with Crippen molar-refractivity contribution in [2.24, 2.45) is 0 Å². The summed E-state index contributed by atoms with van der Waals surface area (Å²) in [5, 5.41) is 0. The lowest BCUT2D eigenvalue weighted by Crippen LogP contribution is 0.647. The second-order valence-corrected chi connectivity index (χ2v) is 0. The minimum absolute atomic E-state index is 0. The van der Waals surface area contributed by atoms with Crippen molar-refractivity contribution in [3.63, 3.8) is 0 Å². The molecule has 8 heteroatoms. The lowest BCUT2D eigenvalue weighted by atomic mass is 32.1. The predicted molar refractivity (Wildman–Crippen MR) is 83.0 cm³/mol. The van der Waals surface area contributed by atoms with Crippen LogP contribution in [-0.4, -0.2) is 0 Å². The molecule has 0 saturated carbocycles. The van der Waals surface area contributed by atoms with E-state index >= 15 is 0 Å². The summed E-state index contributed by atoms with van der Waals surface area (Å²) >= 11 is 0. The molecule has 0 aromatic rings. The van der Waals surface area contributed by atoms with Gasteiger partial charge >= 0.3 is 0 Å². The summed E-state index contributed by atoms with van der Waals surface area (Å²) in [4.78, 5) is 0. The molecule has 0 amide bonds. The molecule has 8 heavy (non-hydrogen) atoms. The Morgan fingerprint density at radius 1 is 0.125 bits per heavy atom. The van der Waals surface area contributed by atoms with Crippen molar-refractivity contribution < 1.29 is 0 Å². The van der Waals surface area contributed by atoms with Gasteiger partial charge in [0.05, 0.1) is 0 Å². The Morgan fingerprint density at radius 3 is 0.125 bits per heavy atom. The molecule has 0 nitrogen and oxygen atoms in total. The fourth-order valence-corrected chi connectivity index (χ4v) is 0. The lowest BCUT2D eigenvalue weighted by molar-refractivity contribution is 7.59. The van der Waals surface area contributed by atoms with Gasteiger partial charge in [-0.1, -0.05) is 0 Å². The van der Waals surface area contributed by atoms with E-state index in [-0.39, 0.29) is 108 Å². The van der Waals surface area contributed by atoms with Crippen molar-refractivity contribution in [3.05, 3.63) is 0 Å². The Hall–Kier alpha value is 2.80. The van der Waals surface area contributed by atoms with E-state index in [1.54, 1.807) is 0 Å². The standard InChI is InChI=1S/8H2S/h8*1H2. The first-order valence-electron chi connectivity index (χ1n) is 0. The van der Waals surface area contributed by atoms with E-state index in [0.717, 1.165) is 0 Å². The van der Waals surface area contributed by atoms with Crippen LogP contribution in [0.15, 0.2) is 0 Å². The van der Waals surface area contributed by atoms with Gasteiger partial charge in [0, 0.05) is 0 Å². The molecule has 0 bridgehead atoms. The topological polar surface area (TPSA) is 0 Å². The van der Waals surface area contributed by atoms with Crippen LogP contribution in [0.25, 0.3) is 0 Å². The largest absolute Gasteiger partial charge is 0.197 e. The quantitative estimate of drug-likeness (QED) is 0.615. The fraction of sp³-hybridized carbons (Fsp3) is 0. The minimum Gasteiger partial charge on any atom is -0.197 e. The molecular weight excluding hydrogens is 257 g/mol. The summed E-state index contributed by atoms with van der Waals surface area (Å²) < 4.78 is 0. The van der Waals surface area contributed by atoms with Gasteiger partial charge in [-0.2, -0.15) is 108 Å². The molecule has 0 fully saturated rings. The van der Waals surface area contributed by atoms with Gasteiger partial charge in [0.15, 0.2) is 0 Å². The van der Waals surface area contributed by atoms with Gasteiger partial charge in [-0.3, -0.25) is 0 Å². The number of rotatable bonds is 0. The molecule has 0 aromatic carbocycles. The second kappa shape index (κ2) is 96.8. The zero-order chi connectivity index (χ0) is 0. The van der Waals surface area contributed by atoms with E-state index < -0.39 is 0 Å². The molecule has 0 atom stereocenters. The van der Waals surface area contributed by atoms with E-state index in [0.29, 0.717) is 0 Å². The van der Waals surface area contributed by atoms with Crippen molar-refractivity contribution in [1.82, 2.24) is 0 Å². The van der Waals surface area contributed by atoms with Crippen LogP contribution in [0.1, 0.15) is 0 Å². The maximum absolute atomic E-state index is 0. The van der Waals surface area contributed by atoms with Gasteiger partial charge < -0.3 is 0 Å². The van der Waals surface area contributed by atoms with Crippen LogP contribution in [0.3, 0.4) is 0 Å². The molecule has 0 heterocycles. The molecule has 0 N–H and O–H groups in total. The van der Waals surface area contributed by atoms with Crippen LogP contribution in [0, 0.1) is 0 Å². The normalized spacial score (nSPS) is 0. The molecule has 0 radical (unpaired) electrons. The van der Waals surface area contributed by atoms with Gasteiger partial charge in [-0.05, 0) is 0 Å². The van der Waals surface area contributed by atoms with E-state index in [1.807, 2.05) is 0 Å². The first-order valence-corrected chi connectivity index (χ1v) is 0. The van der Waals surface area contributed by atoms with Crippen LogP contribution in [0.2, 0.25) is 0 Å². The lowest BCUT2D eigenvalue weighted by Gasteiger charge is -0.198. The number of hydrogen-bond donors (Lipinski definition) is 0. The first-order chi connectivity index (χ1) is 0. The third-order valence-corrected chi connectivity index (χ3v) is 0. The van der Waals surface area contributed by atoms with Gasteiger partial charge in [0.2, 0.25) is 0 Å². The fourth-order valence-electron chi connectivity index (χ4n) is 0. The van der Waals surface area contributed by atoms with E-state index in [1.165, 1.54) is 0 Å². The average Bonchev–Trinajstić information content (AvgIpc) is 0. The summed E-state index contributed by atoms with van der Waals surface area (Å²) in [5.41, 5.74) is 0. The minimum atomic E-state index is 0. The predicted octanol–water partition coefficient (Wildman–Crippen LogP) is 0.902. The van der Waals surface area contributed by atoms with E-state index in [2.05, 4.69) is 0 Å². The summed E-state index contributed by atoms with van der Waals surface area (Å²) in [6, 6.07) is 0. The van der Waals surface area contributed by atoms with Gasteiger partial charge in [0.25, 0.3) is 0 Å². The van der Waals surface area contributed by atoms with Gasteiger partial charge in [-0.25, -0.2) is 0 Å². The Bertz CT molecular complexity index is 0. The zero-order valence-corrected chi connectivity index (χ0v) is 12.0. The van der Waals surface area contributed by atoms with Crippen molar-refractivity contribution >= 4 is 108 Å². The Labute approximate surface area is 107 Å². The van der Waals surface area contributed by atoms with Crippen LogP contribution < -0.4 is 0 Å². The van der Waals surface area contributed by atoms with Crippen molar-refractivity contribution in [2.45, 2.75) is 0 Å². The molecule has 0 spiro atoms. The SMILES string of the molecule is S.S.S.S.S.S.S.S. The van der Waals surface area contributed by atoms with Crippen molar-refractivity contribution in [3.8, 4) is 0 Å². The Balaban J connectivity index is 0. The van der Waals surface area contributed by atoms with Gasteiger partial charge in [0.1, 0.15) is 0 Å². The molecule has 0 aliphatic carbocycles. The monoisotopic (exact) mass is 272 g/mol. The Morgan fingerprint density at radius 2 is 0.125 bits per heavy atom. The summed E-state index contributed by atoms with van der Waals surface area (Å²) in [7, 11) is 0. The molecule has 0 rings (SSSR count). The average molecular weight is 273 g/mol. The zero-order valence-electron chi connectivity index (χ0n) is 4.00. The maximum Gasteiger partial charge on any atom is -0.197 e. The second-order valence-electron chi connectivity index (χ2n) is 0. The van der Waals surface area contributed by atoms with Crippen LogP contribution in [-0.2, 0) is 0 Å². The molecule has 64 valence electrons. The first kappa shape index (κ1) is 132. The molecule has 0 aromatic heterocycles. The summed E-state index contributed by atoms with van der Waals surface area (Å²) in [5.74, 6) is 0. The third-order valence-electron chi connectivity index (χ3n) is 0. The summed E-state index contributed by atoms with van der Waals surface area (Å²) in [6.45, 7) is 0. The van der Waals surface area contributed by atoms with Crippen molar-refractivity contribution in [2.75, 3.05) is 0 Å². The van der Waals surface area contributed by atoms with Crippen LogP contribution >= 0.6 is 108 Å². The highest BCUT2D eigenvalue weighted by Crippen LogP contribution is 0.655. The number of hydrogen-bond acceptors (Lipinski definition) is 0. The van der Waals surface area contributed by atoms with Crippen LogP contribution in [0.4, 0.5) is 0 Å². The highest BCUT2D eigenvalue weighted by Gasteiger charge is -0.190. The van der Waals surface area contributed by atoms with Crippen LogP contribution in [0.5, 0.6) is 0 Å². The molecular formula is H16S8. The highest BCUT2D eigenvalue weighted by molar-refractivity contribution is 7.60. The molecule has 0 unspecified atom stereocenters. The highest BCUT2D eigenvalue weighted by atomic mass is 32.1. The molecule has 0 saturated heterocycles. The van der Waals surface area contributed by atoms with E-state index in [9.17, 15) is 0 Å². The molecule has 0 aliphatic heterocycles. The van der Waals surface area contributed by atoms with Crippen molar-refractivity contribution in [1.29, 1.82) is 0 Å².